The average Bonchev–Trinajstić information content (AvgIpc) is 3.46. The number of hydrogen-bond donors (Lipinski definition) is 2. The predicted molar refractivity (Wildman–Crippen MR) is 100 cm³/mol. The van der Waals surface area contributed by atoms with Crippen molar-refractivity contribution in [3.05, 3.63) is 59.8 Å². The summed E-state index contributed by atoms with van der Waals surface area (Å²) in [5.41, 5.74) is 10.1. The number of hydrogen-bond acceptors (Lipinski definition) is 4. The number of allylic oxidation sites excluding steroid dienone is 1. The molecule has 0 radical (unpaired) electrons. The zero-order chi connectivity index (χ0) is 17.4. The van der Waals surface area contributed by atoms with Crippen molar-refractivity contribution >= 4 is 28.3 Å². The fourth-order valence-corrected chi connectivity index (χ4v) is 2.89. The van der Waals surface area contributed by atoms with Gasteiger partial charge in [-0.2, -0.15) is 0 Å². The van der Waals surface area contributed by atoms with E-state index in [4.69, 9.17) is 5.73 Å². The van der Waals surface area contributed by atoms with Crippen LogP contribution in [0.1, 0.15) is 18.9 Å². The second kappa shape index (κ2) is 6.02. The van der Waals surface area contributed by atoms with Crippen LogP contribution in [0.15, 0.2) is 54.2 Å². The molecule has 1 amide bonds. The summed E-state index contributed by atoms with van der Waals surface area (Å²) < 4.78 is 0. The van der Waals surface area contributed by atoms with Gasteiger partial charge in [-0.05, 0) is 35.9 Å². The van der Waals surface area contributed by atoms with Gasteiger partial charge in [-0.25, -0.2) is 9.97 Å². The number of pyridine rings is 2. The number of aryl methyl sites for hydroxylation is 1. The van der Waals surface area contributed by atoms with Crippen LogP contribution in [-0.2, 0) is 11.2 Å². The number of fused-ring (bicyclic) bond motifs is 1. The summed E-state index contributed by atoms with van der Waals surface area (Å²) in [6.07, 6.45) is 5.22. The maximum absolute atomic E-state index is 11.9. The molecule has 0 spiro atoms. The summed E-state index contributed by atoms with van der Waals surface area (Å²) >= 11 is 0. The molecule has 3 aromatic rings. The van der Waals surface area contributed by atoms with Gasteiger partial charge in [0.05, 0.1) is 5.69 Å². The molecular formula is C20H18N4O. The highest BCUT2D eigenvalue weighted by molar-refractivity contribution is 6.07. The molecule has 0 aliphatic heterocycles. The third-order valence-electron chi connectivity index (χ3n) is 4.36. The quantitative estimate of drug-likeness (QED) is 0.764. The fourth-order valence-electron chi connectivity index (χ4n) is 2.89. The largest absolute Gasteiger partial charge is 0.383 e. The number of anilines is 2. The molecule has 5 heteroatoms. The van der Waals surface area contributed by atoms with E-state index in [2.05, 4.69) is 34.3 Å². The molecule has 1 aliphatic rings. The highest BCUT2D eigenvalue weighted by atomic mass is 16.1. The van der Waals surface area contributed by atoms with Gasteiger partial charge in [0, 0.05) is 22.7 Å². The Morgan fingerprint density at radius 3 is 2.84 bits per heavy atom. The first kappa shape index (κ1) is 15.3. The van der Waals surface area contributed by atoms with Gasteiger partial charge >= 0.3 is 0 Å². The monoisotopic (exact) mass is 330 g/mol. The number of nitrogens with zero attached hydrogens (tertiary/aromatic N) is 2. The molecule has 0 saturated carbocycles. The number of nitrogens with one attached hydrogen (secondary N) is 1. The molecule has 0 unspecified atom stereocenters. The molecule has 2 heterocycles. The Labute approximate surface area is 145 Å². The van der Waals surface area contributed by atoms with Gasteiger partial charge < -0.3 is 11.1 Å². The van der Waals surface area contributed by atoms with Crippen LogP contribution in [0.2, 0.25) is 0 Å². The van der Waals surface area contributed by atoms with Crippen LogP contribution in [-0.4, -0.2) is 15.9 Å². The first-order chi connectivity index (χ1) is 12.2. The van der Waals surface area contributed by atoms with Crippen LogP contribution < -0.4 is 11.1 Å². The Morgan fingerprint density at radius 2 is 2.08 bits per heavy atom. The van der Waals surface area contributed by atoms with Gasteiger partial charge in [0.2, 0.25) is 0 Å². The maximum Gasteiger partial charge on any atom is 0.252 e. The summed E-state index contributed by atoms with van der Waals surface area (Å²) in [6.45, 7) is 2.12. The molecule has 1 aromatic carbocycles. The Morgan fingerprint density at radius 1 is 1.28 bits per heavy atom. The summed E-state index contributed by atoms with van der Waals surface area (Å²) in [5.74, 6) is 0.866. The third-order valence-corrected chi connectivity index (χ3v) is 4.36. The van der Waals surface area contributed by atoms with E-state index in [0.717, 1.165) is 40.4 Å². The molecule has 0 saturated heterocycles. The molecule has 0 bridgehead atoms. The molecule has 25 heavy (non-hydrogen) atoms. The molecule has 2 aromatic heterocycles. The van der Waals surface area contributed by atoms with Crippen LogP contribution >= 0.6 is 0 Å². The molecule has 0 fully saturated rings. The lowest BCUT2D eigenvalue weighted by molar-refractivity contribution is -0.112. The topological polar surface area (TPSA) is 80.9 Å². The SMILES string of the molecule is CCc1ccccc1-c1cc2cc(NC(=O)C3=CC3)ncc2c(N)n1. The normalized spacial score (nSPS) is 12.8. The van der Waals surface area contributed by atoms with Crippen molar-refractivity contribution in [3.63, 3.8) is 0 Å². The van der Waals surface area contributed by atoms with E-state index in [1.54, 1.807) is 6.20 Å². The number of nitrogens with two attached hydrogens (primary N) is 1. The zero-order valence-corrected chi connectivity index (χ0v) is 13.9. The van der Waals surface area contributed by atoms with E-state index in [1.807, 2.05) is 30.3 Å². The van der Waals surface area contributed by atoms with Crippen LogP contribution in [0, 0.1) is 0 Å². The van der Waals surface area contributed by atoms with Gasteiger partial charge in [0.1, 0.15) is 11.6 Å². The fraction of sp³-hybridized carbons (Fsp3) is 0.150. The Bertz CT molecular complexity index is 1020. The molecule has 124 valence electrons. The highest BCUT2D eigenvalue weighted by Crippen LogP contribution is 2.29. The first-order valence-electron chi connectivity index (χ1n) is 8.30. The Balaban J connectivity index is 1.78. The van der Waals surface area contributed by atoms with Crippen molar-refractivity contribution in [2.45, 2.75) is 19.8 Å². The zero-order valence-electron chi connectivity index (χ0n) is 13.9. The molecule has 5 nitrogen and oxygen atoms in total. The maximum atomic E-state index is 11.9. The number of carbonyl (C=O) groups excluding carboxylic acids is 1. The van der Waals surface area contributed by atoms with Gasteiger partial charge in [-0.15, -0.1) is 0 Å². The standard InChI is InChI=1S/C20H18N4O/c1-2-12-5-3-4-6-15(12)17-9-14-10-18(24-20(25)13-7-8-13)22-11-16(14)19(21)23-17/h3-7,9-11H,2,8H2,1H3,(H2,21,23)(H,22,24,25). The number of benzene rings is 1. The van der Waals surface area contributed by atoms with Crippen molar-refractivity contribution in [2.75, 3.05) is 11.1 Å². The molecular weight excluding hydrogens is 312 g/mol. The number of amides is 1. The average molecular weight is 330 g/mol. The molecule has 1 aliphatic carbocycles. The van der Waals surface area contributed by atoms with Gasteiger partial charge in [-0.3, -0.25) is 4.79 Å². The van der Waals surface area contributed by atoms with Gasteiger partial charge in [-0.1, -0.05) is 37.3 Å². The molecule has 0 atom stereocenters. The van der Waals surface area contributed by atoms with E-state index >= 15 is 0 Å². The van der Waals surface area contributed by atoms with E-state index in [-0.39, 0.29) is 5.91 Å². The van der Waals surface area contributed by atoms with Crippen LogP contribution in [0.25, 0.3) is 22.0 Å². The van der Waals surface area contributed by atoms with Gasteiger partial charge in [0.25, 0.3) is 5.91 Å². The minimum absolute atomic E-state index is 0.0922. The van der Waals surface area contributed by atoms with Crippen molar-refractivity contribution in [3.8, 4) is 11.3 Å². The minimum Gasteiger partial charge on any atom is -0.383 e. The van der Waals surface area contributed by atoms with Crippen molar-refractivity contribution in [2.24, 2.45) is 0 Å². The lowest BCUT2D eigenvalue weighted by atomic mass is 10.0. The van der Waals surface area contributed by atoms with E-state index < -0.39 is 0 Å². The minimum atomic E-state index is -0.0922. The first-order valence-corrected chi connectivity index (χ1v) is 8.30. The lowest BCUT2D eigenvalue weighted by Gasteiger charge is -2.11. The molecule has 3 N–H and O–H groups in total. The van der Waals surface area contributed by atoms with E-state index in [9.17, 15) is 4.79 Å². The summed E-state index contributed by atoms with van der Waals surface area (Å²) in [5, 5.41) is 4.50. The molecule has 4 rings (SSSR count). The van der Waals surface area contributed by atoms with E-state index in [0.29, 0.717) is 11.6 Å². The predicted octanol–water partition coefficient (Wildman–Crippen LogP) is 3.71. The van der Waals surface area contributed by atoms with Crippen LogP contribution in [0.4, 0.5) is 11.6 Å². The van der Waals surface area contributed by atoms with E-state index in [1.165, 1.54) is 5.56 Å². The number of nitrogen functional groups attached to an aromatic ring is 1. The number of carbonyl (C=O) groups is 1. The van der Waals surface area contributed by atoms with Crippen LogP contribution in [0.3, 0.4) is 0 Å². The highest BCUT2D eigenvalue weighted by Gasteiger charge is 2.17. The smallest absolute Gasteiger partial charge is 0.252 e. The number of aromatic nitrogens is 2. The lowest BCUT2D eigenvalue weighted by Crippen LogP contribution is -2.10. The van der Waals surface area contributed by atoms with Crippen LogP contribution in [0.5, 0.6) is 0 Å². The Kier molecular flexibility index (Phi) is 3.69. The number of rotatable bonds is 4. The van der Waals surface area contributed by atoms with Crippen molar-refractivity contribution in [1.82, 2.24) is 9.97 Å². The van der Waals surface area contributed by atoms with Crippen molar-refractivity contribution < 1.29 is 4.79 Å². The van der Waals surface area contributed by atoms with Crippen molar-refractivity contribution in [1.29, 1.82) is 0 Å². The summed E-state index contributed by atoms with van der Waals surface area (Å²) in [4.78, 5) is 20.7. The second-order valence-corrected chi connectivity index (χ2v) is 6.08. The second-order valence-electron chi connectivity index (χ2n) is 6.08. The summed E-state index contributed by atoms with van der Waals surface area (Å²) in [7, 11) is 0. The summed E-state index contributed by atoms with van der Waals surface area (Å²) in [6, 6.07) is 12.0. The Hall–Kier alpha value is -3.21. The third kappa shape index (κ3) is 2.96. The van der Waals surface area contributed by atoms with Gasteiger partial charge in [0.15, 0.2) is 0 Å².